The molecule has 5 heteroatoms. The predicted octanol–water partition coefficient (Wildman–Crippen LogP) is 1.01. The van der Waals surface area contributed by atoms with Crippen LogP contribution in [0.3, 0.4) is 0 Å². The van der Waals surface area contributed by atoms with Crippen LogP contribution in [0.2, 0.25) is 0 Å². The second-order valence-corrected chi connectivity index (χ2v) is 4.38. The largest absolute Gasteiger partial charge is 0.396 e. The number of hydrogen-bond acceptors (Lipinski definition) is 4. The molecule has 17 heavy (non-hydrogen) atoms. The van der Waals surface area contributed by atoms with Crippen LogP contribution in [0.4, 0.5) is 11.4 Å². The van der Waals surface area contributed by atoms with Crippen molar-refractivity contribution >= 4 is 17.3 Å². The third kappa shape index (κ3) is 3.34. The number of anilines is 2. The van der Waals surface area contributed by atoms with Gasteiger partial charge in [-0.05, 0) is 26.8 Å². The van der Waals surface area contributed by atoms with Gasteiger partial charge in [0.2, 0.25) is 5.91 Å². The molecule has 0 bridgehead atoms. The molecule has 0 aromatic carbocycles. The summed E-state index contributed by atoms with van der Waals surface area (Å²) in [6.45, 7) is 5.72. The van der Waals surface area contributed by atoms with Crippen LogP contribution in [-0.2, 0) is 4.79 Å². The standard InChI is InChI=1S/C12H20N4O/c1-8(2)15-12(17)9(3)16(4)11-5-6-14-7-10(11)13/h5-9H,13H2,1-4H3,(H,15,17). The van der Waals surface area contributed by atoms with E-state index in [4.69, 9.17) is 5.73 Å². The molecule has 1 amide bonds. The maximum absolute atomic E-state index is 11.9. The Balaban J connectivity index is 2.80. The SMILES string of the molecule is CC(C)NC(=O)C(C)N(C)c1ccncc1N. The topological polar surface area (TPSA) is 71.2 Å². The average molecular weight is 236 g/mol. The first-order valence-corrected chi connectivity index (χ1v) is 5.66. The van der Waals surface area contributed by atoms with Crippen LogP contribution < -0.4 is 16.0 Å². The van der Waals surface area contributed by atoms with Crippen LogP contribution in [0.25, 0.3) is 0 Å². The van der Waals surface area contributed by atoms with E-state index in [1.807, 2.05) is 32.7 Å². The number of nitrogens with zero attached hydrogens (tertiary/aromatic N) is 2. The number of carbonyl (C=O) groups excluding carboxylic acids is 1. The quantitative estimate of drug-likeness (QED) is 0.818. The van der Waals surface area contributed by atoms with E-state index >= 15 is 0 Å². The first-order valence-electron chi connectivity index (χ1n) is 5.66. The van der Waals surface area contributed by atoms with Crippen molar-refractivity contribution in [3.63, 3.8) is 0 Å². The van der Waals surface area contributed by atoms with Gasteiger partial charge < -0.3 is 16.0 Å². The van der Waals surface area contributed by atoms with Gasteiger partial charge in [0, 0.05) is 19.3 Å². The second-order valence-electron chi connectivity index (χ2n) is 4.38. The van der Waals surface area contributed by atoms with Gasteiger partial charge in [-0.25, -0.2) is 0 Å². The van der Waals surface area contributed by atoms with Crippen molar-refractivity contribution in [2.24, 2.45) is 0 Å². The Hall–Kier alpha value is -1.78. The van der Waals surface area contributed by atoms with E-state index in [2.05, 4.69) is 10.3 Å². The summed E-state index contributed by atoms with van der Waals surface area (Å²) in [6, 6.07) is 1.66. The molecular weight excluding hydrogens is 216 g/mol. The monoisotopic (exact) mass is 236 g/mol. The highest BCUT2D eigenvalue weighted by molar-refractivity contribution is 5.86. The summed E-state index contributed by atoms with van der Waals surface area (Å²) in [5.74, 6) is -0.0151. The highest BCUT2D eigenvalue weighted by atomic mass is 16.2. The molecule has 0 saturated heterocycles. The van der Waals surface area contributed by atoms with Crippen molar-refractivity contribution < 1.29 is 4.79 Å². The Labute approximate surface area is 102 Å². The lowest BCUT2D eigenvalue weighted by Gasteiger charge is -2.27. The Kier molecular flexibility index (Phi) is 4.31. The molecule has 94 valence electrons. The third-order valence-electron chi connectivity index (χ3n) is 2.60. The van der Waals surface area contributed by atoms with Crippen molar-refractivity contribution in [2.75, 3.05) is 17.7 Å². The molecule has 0 saturated carbocycles. The first kappa shape index (κ1) is 13.3. The lowest BCUT2D eigenvalue weighted by molar-refractivity contribution is -0.122. The van der Waals surface area contributed by atoms with Gasteiger partial charge in [0.15, 0.2) is 0 Å². The molecule has 0 fully saturated rings. The third-order valence-corrected chi connectivity index (χ3v) is 2.60. The minimum absolute atomic E-state index is 0.0151. The molecule has 1 aromatic heterocycles. The van der Waals surface area contributed by atoms with E-state index in [0.29, 0.717) is 5.69 Å². The fourth-order valence-corrected chi connectivity index (χ4v) is 1.51. The van der Waals surface area contributed by atoms with E-state index in [1.54, 1.807) is 18.5 Å². The van der Waals surface area contributed by atoms with Crippen molar-refractivity contribution in [2.45, 2.75) is 32.9 Å². The van der Waals surface area contributed by atoms with Crippen LogP contribution in [0, 0.1) is 0 Å². The van der Waals surface area contributed by atoms with Gasteiger partial charge in [-0.1, -0.05) is 0 Å². The van der Waals surface area contributed by atoms with Crippen LogP contribution in [0.5, 0.6) is 0 Å². The minimum atomic E-state index is -0.276. The van der Waals surface area contributed by atoms with Gasteiger partial charge in [-0.2, -0.15) is 0 Å². The highest BCUT2D eigenvalue weighted by Crippen LogP contribution is 2.21. The highest BCUT2D eigenvalue weighted by Gasteiger charge is 2.20. The zero-order valence-electron chi connectivity index (χ0n) is 10.8. The Morgan fingerprint density at radius 2 is 2.12 bits per heavy atom. The normalized spacial score (nSPS) is 12.3. The van der Waals surface area contributed by atoms with E-state index in [1.165, 1.54) is 0 Å². The molecule has 5 nitrogen and oxygen atoms in total. The van der Waals surface area contributed by atoms with Gasteiger partial charge in [0.05, 0.1) is 17.6 Å². The summed E-state index contributed by atoms with van der Waals surface area (Å²) < 4.78 is 0. The van der Waals surface area contributed by atoms with Crippen LogP contribution in [0.1, 0.15) is 20.8 Å². The molecule has 1 rings (SSSR count). The number of likely N-dealkylation sites (N-methyl/N-ethyl adjacent to an activating group) is 1. The maximum atomic E-state index is 11.9. The van der Waals surface area contributed by atoms with Crippen molar-refractivity contribution in [1.82, 2.24) is 10.3 Å². The zero-order valence-corrected chi connectivity index (χ0v) is 10.8. The fraction of sp³-hybridized carbons (Fsp3) is 0.500. The molecule has 0 spiro atoms. The number of nitrogens with two attached hydrogens (primary N) is 1. The Morgan fingerprint density at radius 1 is 1.47 bits per heavy atom. The van der Waals surface area contributed by atoms with Gasteiger partial charge in [0.1, 0.15) is 6.04 Å². The first-order chi connectivity index (χ1) is 7.93. The number of nitrogen functional groups attached to an aromatic ring is 1. The fourth-order valence-electron chi connectivity index (χ4n) is 1.51. The van der Waals surface area contributed by atoms with Gasteiger partial charge in [-0.15, -0.1) is 0 Å². The molecule has 0 radical (unpaired) electrons. The molecule has 1 unspecified atom stereocenters. The van der Waals surface area contributed by atoms with Gasteiger partial charge in [0.25, 0.3) is 0 Å². The van der Waals surface area contributed by atoms with E-state index in [0.717, 1.165) is 5.69 Å². The number of aromatic nitrogens is 1. The van der Waals surface area contributed by atoms with E-state index in [9.17, 15) is 4.79 Å². The lowest BCUT2D eigenvalue weighted by Crippen LogP contribution is -2.45. The van der Waals surface area contributed by atoms with Crippen molar-refractivity contribution in [3.05, 3.63) is 18.5 Å². The summed E-state index contributed by atoms with van der Waals surface area (Å²) in [5, 5.41) is 2.88. The summed E-state index contributed by atoms with van der Waals surface area (Å²) >= 11 is 0. The summed E-state index contributed by atoms with van der Waals surface area (Å²) in [5.41, 5.74) is 7.20. The second kappa shape index (κ2) is 5.52. The van der Waals surface area contributed by atoms with Gasteiger partial charge in [-0.3, -0.25) is 9.78 Å². The molecule has 0 aliphatic carbocycles. The number of nitrogens with one attached hydrogen (secondary N) is 1. The number of carbonyl (C=O) groups is 1. The van der Waals surface area contributed by atoms with E-state index in [-0.39, 0.29) is 18.0 Å². The van der Waals surface area contributed by atoms with E-state index < -0.39 is 0 Å². The van der Waals surface area contributed by atoms with Gasteiger partial charge >= 0.3 is 0 Å². The summed E-state index contributed by atoms with van der Waals surface area (Å²) in [6.07, 6.45) is 3.24. The number of hydrogen-bond donors (Lipinski definition) is 2. The molecular formula is C12H20N4O. The smallest absolute Gasteiger partial charge is 0.242 e. The Morgan fingerprint density at radius 3 is 2.65 bits per heavy atom. The summed E-state index contributed by atoms with van der Waals surface area (Å²) in [7, 11) is 1.84. The van der Waals surface area contributed by atoms with Crippen molar-refractivity contribution in [3.8, 4) is 0 Å². The lowest BCUT2D eigenvalue weighted by atomic mass is 10.2. The molecule has 0 aliphatic heterocycles. The minimum Gasteiger partial charge on any atom is -0.396 e. The molecule has 3 N–H and O–H groups in total. The number of rotatable bonds is 4. The molecule has 1 atom stereocenters. The van der Waals surface area contributed by atoms with Crippen LogP contribution in [0.15, 0.2) is 18.5 Å². The summed E-state index contributed by atoms with van der Waals surface area (Å²) in [4.78, 5) is 17.6. The molecule has 1 aromatic rings. The number of amides is 1. The molecule has 0 aliphatic rings. The zero-order chi connectivity index (χ0) is 13.0. The Bertz CT molecular complexity index is 392. The van der Waals surface area contributed by atoms with Crippen molar-refractivity contribution in [1.29, 1.82) is 0 Å². The predicted molar refractivity (Wildman–Crippen MR) is 69.8 cm³/mol. The molecule has 1 heterocycles. The maximum Gasteiger partial charge on any atom is 0.242 e. The number of pyridine rings is 1. The van der Waals surface area contributed by atoms with Crippen LogP contribution in [-0.4, -0.2) is 30.0 Å². The van der Waals surface area contributed by atoms with Crippen LogP contribution >= 0.6 is 0 Å². The average Bonchev–Trinajstić information content (AvgIpc) is 2.27.